The van der Waals surface area contributed by atoms with Gasteiger partial charge in [-0.2, -0.15) is 0 Å². The Bertz CT molecular complexity index is 719. The van der Waals surface area contributed by atoms with Crippen LogP contribution in [0.3, 0.4) is 0 Å². The number of para-hydroxylation sites is 1. The Labute approximate surface area is 139 Å². The summed E-state index contributed by atoms with van der Waals surface area (Å²) < 4.78 is 16.1. The maximum atomic E-state index is 12.1. The lowest BCUT2D eigenvalue weighted by Gasteiger charge is -2.15. The highest BCUT2D eigenvalue weighted by atomic mass is 35.5. The van der Waals surface area contributed by atoms with Crippen LogP contribution in [-0.2, 0) is 11.3 Å². The number of carbonyl (C=O) groups excluding carboxylic acids is 1. The molecule has 1 heterocycles. The van der Waals surface area contributed by atoms with Gasteiger partial charge in [0.1, 0.15) is 5.75 Å². The summed E-state index contributed by atoms with van der Waals surface area (Å²) in [6.07, 6.45) is -0.649. The number of amides is 1. The van der Waals surface area contributed by atoms with Gasteiger partial charge in [-0.3, -0.25) is 4.79 Å². The van der Waals surface area contributed by atoms with E-state index in [0.717, 1.165) is 11.3 Å². The van der Waals surface area contributed by atoms with E-state index in [1.165, 1.54) is 0 Å². The Morgan fingerprint density at radius 3 is 2.87 bits per heavy atom. The zero-order chi connectivity index (χ0) is 16.2. The van der Waals surface area contributed by atoms with Crippen LogP contribution in [0.2, 0.25) is 5.02 Å². The maximum absolute atomic E-state index is 12.1. The molecule has 0 radical (unpaired) electrons. The standard InChI is InChI=1S/C17H16ClNO4/c1-11(23-14-5-3-2-4-13(14)18)17(20)19-9-12-6-7-15-16(8-12)22-10-21-15/h2-8,11H,9-10H2,1H3,(H,19,20)/t11-/m0/s1. The molecule has 0 spiro atoms. The summed E-state index contributed by atoms with van der Waals surface area (Å²) in [5.41, 5.74) is 0.924. The minimum atomic E-state index is -0.649. The van der Waals surface area contributed by atoms with E-state index >= 15 is 0 Å². The summed E-state index contributed by atoms with van der Waals surface area (Å²) >= 11 is 6.02. The van der Waals surface area contributed by atoms with Gasteiger partial charge in [0.25, 0.3) is 5.91 Å². The van der Waals surface area contributed by atoms with Gasteiger partial charge < -0.3 is 19.5 Å². The maximum Gasteiger partial charge on any atom is 0.261 e. The Morgan fingerprint density at radius 1 is 1.26 bits per heavy atom. The second kappa shape index (κ2) is 6.79. The van der Waals surface area contributed by atoms with E-state index in [-0.39, 0.29) is 12.7 Å². The fourth-order valence-electron chi connectivity index (χ4n) is 2.17. The molecule has 1 aliphatic heterocycles. The number of rotatable bonds is 5. The topological polar surface area (TPSA) is 56.8 Å². The Morgan fingerprint density at radius 2 is 2.04 bits per heavy atom. The number of halogens is 1. The molecule has 0 unspecified atom stereocenters. The van der Waals surface area contributed by atoms with E-state index in [0.29, 0.717) is 23.1 Å². The van der Waals surface area contributed by atoms with Crippen molar-refractivity contribution in [1.29, 1.82) is 0 Å². The van der Waals surface area contributed by atoms with Gasteiger partial charge in [0.05, 0.1) is 5.02 Å². The summed E-state index contributed by atoms with van der Waals surface area (Å²) in [6, 6.07) is 12.6. The molecule has 0 saturated heterocycles. The SMILES string of the molecule is C[C@H](Oc1ccccc1Cl)C(=O)NCc1ccc2c(c1)OCO2. The average molecular weight is 334 g/mol. The third-order valence-electron chi connectivity index (χ3n) is 3.41. The first-order valence-corrected chi connectivity index (χ1v) is 7.59. The van der Waals surface area contributed by atoms with E-state index in [2.05, 4.69) is 5.32 Å². The molecule has 0 aliphatic carbocycles. The van der Waals surface area contributed by atoms with Gasteiger partial charge >= 0.3 is 0 Å². The fourth-order valence-corrected chi connectivity index (χ4v) is 2.35. The van der Waals surface area contributed by atoms with E-state index in [1.54, 1.807) is 31.2 Å². The smallest absolute Gasteiger partial charge is 0.261 e. The molecule has 0 fully saturated rings. The zero-order valence-electron chi connectivity index (χ0n) is 12.5. The number of nitrogens with one attached hydrogen (secondary N) is 1. The van der Waals surface area contributed by atoms with Crippen molar-refractivity contribution in [1.82, 2.24) is 5.32 Å². The second-order valence-electron chi connectivity index (χ2n) is 5.10. The minimum Gasteiger partial charge on any atom is -0.479 e. The van der Waals surface area contributed by atoms with E-state index < -0.39 is 6.10 Å². The van der Waals surface area contributed by atoms with Crippen molar-refractivity contribution in [3.63, 3.8) is 0 Å². The van der Waals surface area contributed by atoms with Crippen LogP contribution in [0.4, 0.5) is 0 Å². The fraction of sp³-hybridized carbons (Fsp3) is 0.235. The molecule has 1 amide bonds. The minimum absolute atomic E-state index is 0.220. The van der Waals surface area contributed by atoms with Gasteiger partial charge in [-0.05, 0) is 36.8 Å². The molecule has 6 heteroatoms. The summed E-state index contributed by atoms with van der Waals surface area (Å²) in [5, 5.41) is 3.30. The quantitative estimate of drug-likeness (QED) is 0.913. The number of ether oxygens (including phenoxy) is 3. The number of benzene rings is 2. The first-order chi connectivity index (χ1) is 11.1. The number of carbonyl (C=O) groups is 1. The predicted molar refractivity (Wildman–Crippen MR) is 86.0 cm³/mol. The molecule has 5 nitrogen and oxygen atoms in total. The molecule has 23 heavy (non-hydrogen) atoms. The average Bonchev–Trinajstić information content (AvgIpc) is 3.02. The molecule has 0 aromatic heterocycles. The highest BCUT2D eigenvalue weighted by Crippen LogP contribution is 2.32. The van der Waals surface area contributed by atoms with Crippen molar-refractivity contribution in [2.75, 3.05) is 6.79 Å². The van der Waals surface area contributed by atoms with Crippen LogP contribution in [-0.4, -0.2) is 18.8 Å². The first-order valence-electron chi connectivity index (χ1n) is 7.21. The van der Waals surface area contributed by atoms with Crippen molar-refractivity contribution < 1.29 is 19.0 Å². The Kier molecular flexibility index (Phi) is 4.57. The number of hydrogen-bond acceptors (Lipinski definition) is 4. The number of fused-ring (bicyclic) bond motifs is 1. The molecule has 2 aromatic carbocycles. The van der Waals surface area contributed by atoms with Crippen molar-refractivity contribution in [2.45, 2.75) is 19.6 Å². The van der Waals surface area contributed by atoms with Crippen LogP contribution < -0.4 is 19.5 Å². The molecule has 1 N–H and O–H groups in total. The van der Waals surface area contributed by atoms with E-state index in [1.807, 2.05) is 18.2 Å². The summed E-state index contributed by atoms with van der Waals surface area (Å²) in [4.78, 5) is 12.1. The van der Waals surface area contributed by atoms with Crippen molar-refractivity contribution in [3.8, 4) is 17.2 Å². The lowest BCUT2D eigenvalue weighted by molar-refractivity contribution is -0.127. The molecule has 1 atom stereocenters. The van der Waals surface area contributed by atoms with Gasteiger partial charge in [-0.1, -0.05) is 29.8 Å². The molecule has 0 saturated carbocycles. The van der Waals surface area contributed by atoms with Crippen LogP contribution in [0.1, 0.15) is 12.5 Å². The highest BCUT2D eigenvalue weighted by molar-refractivity contribution is 6.32. The molecule has 1 aliphatic rings. The third kappa shape index (κ3) is 3.68. The van der Waals surface area contributed by atoms with E-state index in [4.69, 9.17) is 25.8 Å². The third-order valence-corrected chi connectivity index (χ3v) is 3.73. The number of hydrogen-bond donors (Lipinski definition) is 1. The Hall–Kier alpha value is -2.40. The lowest BCUT2D eigenvalue weighted by atomic mass is 10.2. The molecule has 120 valence electrons. The van der Waals surface area contributed by atoms with Crippen molar-refractivity contribution in [2.24, 2.45) is 0 Å². The molecule has 0 bridgehead atoms. The summed E-state index contributed by atoms with van der Waals surface area (Å²) in [6.45, 7) is 2.29. The molecular formula is C17H16ClNO4. The summed E-state index contributed by atoms with van der Waals surface area (Å²) in [7, 11) is 0. The molecule has 3 rings (SSSR count). The van der Waals surface area contributed by atoms with Gasteiger partial charge in [0.2, 0.25) is 6.79 Å². The van der Waals surface area contributed by atoms with Crippen LogP contribution in [0.5, 0.6) is 17.2 Å². The predicted octanol–water partition coefficient (Wildman–Crippen LogP) is 3.15. The van der Waals surface area contributed by atoms with Crippen LogP contribution in [0, 0.1) is 0 Å². The monoisotopic (exact) mass is 333 g/mol. The van der Waals surface area contributed by atoms with Gasteiger partial charge in [0, 0.05) is 6.54 Å². The van der Waals surface area contributed by atoms with E-state index in [9.17, 15) is 4.79 Å². The van der Waals surface area contributed by atoms with Crippen molar-refractivity contribution in [3.05, 3.63) is 53.1 Å². The van der Waals surface area contributed by atoms with Crippen LogP contribution in [0.15, 0.2) is 42.5 Å². The largest absolute Gasteiger partial charge is 0.479 e. The van der Waals surface area contributed by atoms with Crippen LogP contribution >= 0.6 is 11.6 Å². The first kappa shape index (κ1) is 15.5. The highest BCUT2D eigenvalue weighted by Gasteiger charge is 2.17. The van der Waals surface area contributed by atoms with Crippen molar-refractivity contribution >= 4 is 17.5 Å². The summed E-state index contributed by atoms with van der Waals surface area (Å²) in [5.74, 6) is 1.68. The van der Waals surface area contributed by atoms with Crippen LogP contribution in [0.25, 0.3) is 0 Å². The normalized spacial score (nSPS) is 13.5. The molecule has 2 aromatic rings. The zero-order valence-corrected chi connectivity index (χ0v) is 13.3. The lowest BCUT2D eigenvalue weighted by Crippen LogP contribution is -2.35. The second-order valence-corrected chi connectivity index (χ2v) is 5.50. The van der Waals surface area contributed by atoms with Gasteiger partial charge in [-0.25, -0.2) is 0 Å². The van der Waals surface area contributed by atoms with Gasteiger partial charge in [0.15, 0.2) is 17.6 Å². The molecular weight excluding hydrogens is 318 g/mol. The Balaban J connectivity index is 1.55. The van der Waals surface area contributed by atoms with Gasteiger partial charge in [-0.15, -0.1) is 0 Å².